The Morgan fingerprint density at radius 3 is 2.81 bits per heavy atom. The molecule has 2 atom stereocenters. The van der Waals surface area contributed by atoms with Crippen LogP contribution in [0.2, 0.25) is 0 Å². The molecule has 1 aromatic carbocycles. The van der Waals surface area contributed by atoms with Crippen molar-refractivity contribution < 1.29 is 9.84 Å². The average Bonchev–Trinajstić information content (AvgIpc) is 2.91. The van der Waals surface area contributed by atoms with Gasteiger partial charge in [0.1, 0.15) is 0 Å². The van der Waals surface area contributed by atoms with Crippen molar-refractivity contribution in [3.05, 3.63) is 34.9 Å². The van der Waals surface area contributed by atoms with Crippen LogP contribution in [-0.2, 0) is 11.2 Å². The zero-order chi connectivity index (χ0) is 14.9. The molecule has 1 N–H and O–H groups in total. The van der Waals surface area contributed by atoms with Crippen LogP contribution in [0.4, 0.5) is 0 Å². The van der Waals surface area contributed by atoms with Crippen LogP contribution in [0.5, 0.6) is 0 Å². The molecule has 1 spiro atoms. The fraction of sp³-hybridized carbons (Fsp3) is 0.684. The van der Waals surface area contributed by atoms with Gasteiger partial charge in [0.15, 0.2) is 0 Å². The Kier molecular flexibility index (Phi) is 4.37. The maximum absolute atomic E-state index is 10.7. The van der Waals surface area contributed by atoms with E-state index in [1.807, 2.05) is 0 Å². The molecule has 2 fully saturated rings. The lowest BCUT2D eigenvalue weighted by Crippen LogP contribution is -2.41. The van der Waals surface area contributed by atoms with E-state index in [0.29, 0.717) is 5.92 Å². The van der Waals surface area contributed by atoms with E-state index < -0.39 is 0 Å². The minimum absolute atomic E-state index is 0.103. The lowest BCUT2D eigenvalue weighted by molar-refractivity contribution is -0.112. The number of aliphatic hydroxyl groups excluding tert-OH is 1. The molecule has 1 aliphatic carbocycles. The number of rotatable bonds is 3. The van der Waals surface area contributed by atoms with E-state index in [1.165, 1.54) is 42.4 Å². The fourth-order valence-electron chi connectivity index (χ4n) is 4.17. The van der Waals surface area contributed by atoms with Crippen LogP contribution in [0.15, 0.2) is 18.2 Å². The molecule has 0 amide bonds. The van der Waals surface area contributed by atoms with Crippen LogP contribution in [0.3, 0.4) is 0 Å². The zero-order valence-electron chi connectivity index (χ0n) is 13.4. The molecule has 3 rings (SSSR count). The minimum atomic E-state index is -0.230. The smallest absolute Gasteiger partial charge is 0.0686 e. The lowest BCUT2D eigenvalue weighted by Gasteiger charge is -2.40. The summed E-state index contributed by atoms with van der Waals surface area (Å²) in [5, 5.41) is 10.7. The van der Waals surface area contributed by atoms with E-state index in [1.54, 1.807) is 0 Å². The van der Waals surface area contributed by atoms with Gasteiger partial charge in [-0.25, -0.2) is 0 Å². The lowest BCUT2D eigenvalue weighted by atomic mass is 9.80. The quantitative estimate of drug-likeness (QED) is 0.912. The topological polar surface area (TPSA) is 29.5 Å². The summed E-state index contributed by atoms with van der Waals surface area (Å²) in [6.07, 6.45) is 7.59. The molecule has 116 valence electrons. The normalized spacial score (nSPS) is 26.1. The number of hydrogen-bond donors (Lipinski definition) is 1. The van der Waals surface area contributed by atoms with Gasteiger partial charge in [0.25, 0.3) is 0 Å². The van der Waals surface area contributed by atoms with Crippen molar-refractivity contribution in [3.8, 4) is 0 Å². The maximum atomic E-state index is 10.7. The fourth-order valence-corrected chi connectivity index (χ4v) is 4.17. The number of aliphatic hydroxyl groups is 1. The van der Waals surface area contributed by atoms with Crippen molar-refractivity contribution in [2.24, 2.45) is 5.92 Å². The van der Waals surface area contributed by atoms with Crippen LogP contribution in [0.25, 0.3) is 0 Å². The summed E-state index contributed by atoms with van der Waals surface area (Å²) in [4.78, 5) is 0. The average molecular weight is 288 g/mol. The molecule has 2 nitrogen and oxygen atoms in total. The molecule has 1 saturated carbocycles. The van der Waals surface area contributed by atoms with Crippen molar-refractivity contribution in [2.75, 3.05) is 6.61 Å². The first-order chi connectivity index (χ1) is 10.1. The van der Waals surface area contributed by atoms with E-state index in [2.05, 4.69) is 32.0 Å². The summed E-state index contributed by atoms with van der Waals surface area (Å²) >= 11 is 0. The third-order valence-corrected chi connectivity index (χ3v) is 5.52. The largest absolute Gasteiger partial charge is 0.392 e. The second-order valence-electron chi connectivity index (χ2n) is 7.19. The van der Waals surface area contributed by atoms with Gasteiger partial charge in [0, 0.05) is 6.61 Å². The summed E-state index contributed by atoms with van der Waals surface area (Å²) in [5.74, 6) is 0.400. The Bertz CT molecular complexity index is 488. The van der Waals surface area contributed by atoms with Crippen LogP contribution in [0, 0.1) is 19.8 Å². The Morgan fingerprint density at radius 1 is 1.29 bits per heavy atom. The standard InChI is InChI=1S/C19H28O2/c1-14-5-6-15(2)17(11-14)12-18(20)16-7-10-21-19(13-16)8-3-4-9-19/h5-6,11,16,18,20H,3-4,7-10,12-13H2,1-2H3. The summed E-state index contributed by atoms with van der Waals surface area (Å²) in [6, 6.07) is 6.54. The highest BCUT2D eigenvalue weighted by Crippen LogP contribution is 2.43. The summed E-state index contributed by atoms with van der Waals surface area (Å²) in [5.41, 5.74) is 3.98. The van der Waals surface area contributed by atoms with Crippen molar-refractivity contribution in [2.45, 2.75) is 70.5 Å². The van der Waals surface area contributed by atoms with Crippen molar-refractivity contribution >= 4 is 0 Å². The Morgan fingerprint density at radius 2 is 2.05 bits per heavy atom. The molecule has 0 bridgehead atoms. The number of hydrogen-bond acceptors (Lipinski definition) is 2. The van der Waals surface area contributed by atoms with Gasteiger partial charge in [0.2, 0.25) is 0 Å². The SMILES string of the molecule is Cc1ccc(C)c(CC(O)C2CCOC3(CCCC3)C2)c1. The molecule has 2 heteroatoms. The summed E-state index contributed by atoms with van der Waals surface area (Å²) in [6.45, 7) is 5.09. The van der Waals surface area contributed by atoms with E-state index in [4.69, 9.17) is 4.74 Å². The molecule has 1 saturated heterocycles. The second-order valence-corrected chi connectivity index (χ2v) is 7.19. The summed E-state index contributed by atoms with van der Waals surface area (Å²) in [7, 11) is 0. The van der Waals surface area contributed by atoms with Gasteiger partial charge >= 0.3 is 0 Å². The number of ether oxygens (including phenoxy) is 1. The maximum Gasteiger partial charge on any atom is 0.0686 e. The predicted octanol–water partition coefficient (Wildman–Crippen LogP) is 3.95. The molecule has 2 unspecified atom stereocenters. The molecule has 0 radical (unpaired) electrons. The third kappa shape index (κ3) is 3.32. The molecule has 1 aromatic rings. The Labute approximate surface area is 128 Å². The van der Waals surface area contributed by atoms with Crippen molar-refractivity contribution in [3.63, 3.8) is 0 Å². The molecular weight excluding hydrogens is 260 g/mol. The minimum Gasteiger partial charge on any atom is -0.392 e. The number of aryl methyl sites for hydroxylation is 2. The van der Waals surface area contributed by atoms with Crippen LogP contribution >= 0.6 is 0 Å². The van der Waals surface area contributed by atoms with Crippen LogP contribution in [-0.4, -0.2) is 23.4 Å². The first kappa shape index (κ1) is 15.1. The molecule has 1 aliphatic heterocycles. The second kappa shape index (κ2) is 6.10. The monoisotopic (exact) mass is 288 g/mol. The van der Waals surface area contributed by atoms with Gasteiger partial charge in [-0.2, -0.15) is 0 Å². The Hall–Kier alpha value is -0.860. The predicted molar refractivity (Wildman–Crippen MR) is 85.5 cm³/mol. The van der Waals surface area contributed by atoms with Gasteiger partial charge in [0.05, 0.1) is 11.7 Å². The Balaban J connectivity index is 1.67. The van der Waals surface area contributed by atoms with Crippen molar-refractivity contribution in [1.82, 2.24) is 0 Å². The molecule has 2 aliphatic rings. The molecule has 0 aromatic heterocycles. The molecule has 21 heavy (non-hydrogen) atoms. The van der Waals surface area contributed by atoms with Crippen molar-refractivity contribution in [1.29, 1.82) is 0 Å². The highest BCUT2D eigenvalue weighted by molar-refractivity contribution is 5.31. The van der Waals surface area contributed by atoms with E-state index in [0.717, 1.165) is 25.9 Å². The van der Waals surface area contributed by atoms with E-state index in [-0.39, 0.29) is 11.7 Å². The highest BCUT2D eigenvalue weighted by atomic mass is 16.5. The summed E-state index contributed by atoms with van der Waals surface area (Å²) < 4.78 is 6.09. The van der Waals surface area contributed by atoms with E-state index in [9.17, 15) is 5.11 Å². The third-order valence-electron chi connectivity index (χ3n) is 5.52. The van der Waals surface area contributed by atoms with Crippen LogP contribution in [0.1, 0.15) is 55.2 Å². The van der Waals surface area contributed by atoms with E-state index >= 15 is 0 Å². The highest BCUT2D eigenvalue weighted by Gasteiger charge is 2.41. The van der Waals surface area contributed by atoms with Gasteiger partial charge in [-0.1, -0.05) is 36.6 Å². The van der Waals surface area contributed by atoms with Gasteiger partial charge in [-0.15, -0.1) is 0 Å². The van der Waals surface area contributed by atoms with Gasteiger partial charge in [-0.05, 0) is 63.0 Å². The molecule has 1 heterocycles. The number of benzene rings is 1. The van der Waals surface area contributed by atoms with Crippen LogP contribution < -0.4 is 0 Å². The first-order valence-electron chi connectivity index (χ1n) is 8.46. The zero-order valence-corrected chi connectivity index (χ0v) is 13.4. The molecular formula is C19H28O2. The van der Waals surface area contributed by atoms with Gasteiger partial charge < -0.3 is 9.84 Å². The van der Waals surface area contributed by atoms with Gasteiger partial charge in [-0.3, -0.25) is 0 Å². The first-order valence-corrected chi connectivity index (χ1v) is 8.46.